The standard InChI is InChI=1S/C20H30N2O2.C15H22N2.C12H16.C11H15BO2.C9H18N2O2/c1-15-14-16(6-7-17(15)20(5)8-9-20)21-10-12-22(13-11-21)18(23)24-19(2,3)4;1-12-11-13(17-9-7-16-8-10-17)3-4-14(12)15(2)5-6-15;1-9-4-5-11(10(2)8-9)12(3)6-7-12;1-8-7-9(12(13)14)3-4-10(8)11(2)5-6-11;1-9(2,3)13-8(12)11-6-4-10-5-7-11/h6-7,14H,8-13H2,1-5H3;3-4,11,16H,5-10H2,1-2H3;4-5,8H,6-7H2,1-3H3;3-4,7,13-14H,5-6H2,1-2H3;10H,4-7H2,1-3H3. The van der Waals surface area contributed by atoms with E-state index in [1.807, 2.05) is 65.5 Å². The Kier molecular flexibility index (Phi) is 20.0. The van der Waals surface area contributed by atoms with E-state index in [9.17, 15) is 9.59 Å². The number of piperazine rings is 3. The van der Waals surface area contributed by atoms with Gasteiger partial charge >= 0.3 is 19.3 Å². The van der Waals surface area contributed by atoms with Crippen molar-refractivity contribution in [1.29, 1.82) is 0 Å². The molecule has 11 rings (SSSR count). The van der Waals surface area contributed by atoms with Crippen molar-refractivity contribution in [3.8, 4) is 0 Å². The molecule has 0 bridgehead atoms. The highest BCUT2D eigenvalue weighted by atomic mass is 16.6. The van der Waals surface area contributed by atoms with Crippen molar-refractivity contribution in [2.75, 3.05) is 88.3 Å². The molecule has 0 aromatic heterocycles. The number of nitrogens with one attached hydrogen (secondary N) is 2. The number of ether oxygens (including phenoxy) is 2. The lowest BCUT2D eigenvalue weighted by molar-refractivity contribution is 0.0223. The van der Waals surface area contributed by atoms with E-state index in [0.29, 0.717) is 40.2 Å². The van der Waals surface area contributed by atoms with E-state index in [0.717, 1.165) is 71.0 Å². The molecule has 0 spiro atoms. The van der Waals surface area contributed by atoms with Crippen molar-refractivity contribution in [2.45, 2.75) is 188 Å². The summed E-state index contributed by atoms with van der Waals surface area (Å²) < 4.78 is 10.7. The minimum Gasteiger partial charge on any atom is -0.444 e. The van der Waals surface area contributed by atoms with Crippen LogP contribution in [-0.4, -0.2) is 129 Å². The molecule has 0 atom stereocenters. The topological polar surface area (TPSA) is 130 Å². The van der Waals surface area contributed by atoms with Gasteiger partial charge in [-0.05, 0) is 223 Å². The third-order valence-corrected chi connectivity index (χ3v) is 17.5. The van der Waals surface area contributed by atoms with E-state index in [4.69, 9.17) is 19.5 Å². The van der Waals surface area contributed by atoms with Crippen LogP contribution in [0.3, 0.4) is 0 Å². The fourth-order valence-corrected chi connectivity index (χ4v) is 11.5. The van der Waals surface area contributed by atoms with Crippen LogP contribution in [0.25, 0.3) is 0 Å². The molecule has 2 amide bonds. The lowest BCUT2D eigenvalue weighted by Crippen LogP contribution is -2.50. The Hall–Kier alpha value is -5.08. The molecule has 4 N–H and O–H groups in total. The molecule has 12 nitrogen and oxygen atoms in total. The Morgan fingerprint density at radius 2 is 0.775 bits per heavy atom. The Bertz CT molecular complexity index is 2730. The first kappa shape index (κ1) is 62.5. The third kappa shape index (κ3) is 17.5. The lowest BCUT2D eigenvalue weighted by Gasteiger charge is -2.37. The maximum absolute atomic E-state index is 12.2. The first-order chi connectivity index (χ1) is 37.5. The maximum atomic E-state index is 12.2. The zero-order chi connectivity index (χ0) is 58.4. The van der Waals surface area contributed by atoms with Crippen molar-refractivity contribution in [1.82, 2.24) is 20.4 Å². The molecule has 3 saturated heterocycles. The second-order valence-corrected chi connectivity index (χ2v) is 27.4. The third-order valence-electron chi connectivity index (χ3n) is 17.5. The minimum absolute atomic E-state index is 0.199. The van der Waals surface area contributed by atoms with Crippen LogP contribution in [-0.2, 0) is 31.1 Å². The second-order valence-electron chi connectivity index (χ2n) is 27.4. The number of hydrogen-bond acceptors (Lipinski definition) is 10. The average Bonchev–Trinajstić information content (AvgIpc) is 4.33. The zero-order valence-electron chi connectivity index (χ0n) is 52.0. The lowest BCUT2D eigenvalue weighted by atomic mass is 9.78. The molecule has 4 aliphatic carbocycles. The number of carbonyl (C=O) groups is 2. The Labute approximate surface area is 482 Å². The summed E-state index contributed by atoms with van der Waals surface area (Å²) in [6, 6.07) is 26.4. The SMILES string of the molecule is CC(C)(C)OC(=O)N1CCNCC1.Cc1cc(B(O)O)ccc1C1(C)CC1.Cc1cc(N2CCN(C(=O)OC(C)(C)C)CC2)ccc1C1(C)CC1.Cc1cc(N2CCNCC2)ccc1C1(C)CC1.Cc1ccc(C2(C)CC2)c(C)c1. The summed E-state index contributed by atoms with van der Waals surface area (Å²) in [6.45, 7) is 42.5. The van der Waals surface area contributed by atoms with Gasteiger partial charge in [0, 0.05) is 89.9 Å². The Morgan fingerprint density at radius 3 is 1.11 bits per heavy atom. The molecule has 13 heteroatoms. The molecule has 0 unspecified atom stereocenters. The van der Waals surface area contributed by atoms with Crippen LogP contribution >= 0.6 is 0 Å². The first-order valence-electron chi connectivity index (χ1n) is 30.1. The van der Waals surface area contributed by atoms with Gasteiger partial charge in [-0.25, -0.2) is 9.59 Å². The van der Waals surface area contributed by atoms with Gasteiger partial charge in [0.05, 0.1) is 0 Å². The highest BCUT2D eigenvalue weighted by molar-refractivity contribution is 6.58. The number of rotatable bonds is 7. The van der Waals surface area contributed by atoms with Gasteiger partial charge in [0.1, 0.15) is 11.2 Å². The minimum atomic E-state index is -1.35. The quantitative estimate of drug-likeness (QED) is 0.133. The van der Waals surface area contributed by atoms with Crippen LogP contribution in [0.2, 0.25) is 0 Å². The van der Waals surface area contributed by atoms with Crippen LogP contribution < -0.4 is 25.9 Å². The zero-order valence-corrected chi connectivity index (χ0v) is 52.0. The van der Waals surface area contributed by atoms with E-state index < -0.39 is 12.7 Å². The highest BCUT2D eigenvalue weighted by Gasteiger charge is 2.42. The number of anilines is 2. The summed E-state index contributed by atoms with van der Waals surface area (Å²) in [5, 5.41) is 24.6. The normalized spacial score (nSPS) is 19.9. The van der Waals surface area contributed by atoms with E-state index in [1.54, 1.807) is 22.1 Å². The highest BCUT2D eigenvalue weighted by Crippen LogP contribution is 2.51. The van der Waals surface area contributed by atoms with Gasteiger partial charge in [0.25, 0.3) is 0 Å². The molecule has 4 aromatic rings. The van der Waals surface area contributed by atoms with Crippen LogP contribution in [0.4, 0.5) is 21.0 Å². The molecule has 7 fully saturated rings. The maximum Gasteiger partial charge on any atom is 0.488 e. The molecular formula is C67H101BN6O6. The largest absolute Gasteiger partial charge is 0.488 e. The average molecular weight is 1100 g/mol. The molecule has 4 aromatic carbocycles. The van der Waals surface area contributed by atoms with E-state index in [-0.39, 0.29) is 17.8 Å². The number of aryl methyl sites for hydroxylation is 5. The summed E-state index contributed by atoms with van der Waals surface area (Å²) >= 11 is 0. The van der Waals surface area contributed by atoms with Crippen molar-refractivity contribution in [3.63, 3.8) is 0 Å². The van der Waals surface area contributed by atoms with Crippen molar-refractivity contribution < 1.29 is 29.1 Å². The fraction of sp³-hybridized carbons (Fsp3) is 0.612. The van der Waals surface area contributed by atoms with Gasteiger partial charge in [0.15, 0.2) is 0 Å². The summed E-state index contributed by atoms with van der Waals surface area (Å²) in [6.07, 6.45) is 10.2. The van der Waals surface area contributed by atoms with Crippen LogP contribution in [0.15, 0.2) is 72.8 Å². The summed E-state index contributed by atoms with van der Waals surface area (Å²) in [5.41, 5.74) is 17.1. The molecule has 438 valence electrons. The van der Waals surface area contributed by atoms with Crippen LogP contribution in [0, 0.1) is 34.6 Å². The van der Waals surface area contributed by atoms with Crippen molar-refractivity contribution >= 4 is 36.1 Å². The first-order valence-corrected chi connectivity index (χ1v) is 30.1. The van der Waals surface area contributed by atoms with Crippen molar-refractivity contribution in [2.24, 2.45) is 0 Å². The molecular weight excluding hydrogens is 996 g/mol. The molecule has 4 saturated carbocycles. The van der Waals surface area contributed by atoms with E-state index >= 15 is 0 Å². The predicted molar refractivity (Wildman–Crippen MR) is 331 cm³/mol. The Morgan fingerprint density at radius 1 is 0.450 bits per heavy atom. The number of benzene rings is 4. The van der Waals surface area contributed by atoms with E-state index in [2.05, 4.69) is 130 Å². The van der Waals surface area contributed by atoms with Gasteiger partial charge < -0.3 is 49.8 Å². The Balaban J connectivity index is 0.000000148. The summed E-state index contributed by atoms with van der Waals surface area (Å²) in [4.78, 5) is 32.1. The molecule has 80 heavy (non-hydrogen) atoms. The summed E-state index contributed by atoms with van der Waals surface area (Å²) in [5.74, 6) is 0. The fourth-order valence-electron chi connectivity index (χ4n) is 11.5. The van der Waals surface area contributed by atoms with E-state index in [1.165, 1.54) is 96.1 Å². The van der Waals surface area contributed by atoms with Gasteiger partial charge in [-0.2, -0.15) is 0 Å². The molecule has 3 aliphatic heterocycles. The molecule has 7 aliphatic rings. The van der Waals surface area contributed by atoms with Crippen molar-refractivity contribution in [3.05, 3.63) is 123 Å². The van der Waals surface area contributed by atoms with Gasteiger partial charge in [0.2, 0.25) is 0 Å². The number of carbonyl (C=O) groups excluding carboxylic acids is 2. The number of nitrogens with zero attached hydrogens (tertiary/aromatic N) is 4. The van der Waals surface area contributed by atoms with Gasteiger partial charge in [-0.1, -0.05) is 81.8 Å². The number of hydrogen-bond donors (Lipinski definition) is 4. The smallest absolute Gasteiger partial charge is 0.444 e. The van der Waals surface area contributed by atoms with Crippen LogP contribution in [0.1, 0.15) is 171 Å². The second kappa shape index (κ2) is 25.6. The molecule has 3 heterocycles. The summed E-state index contributed by atoms with van der Waals surface area (Å²) in [7, 11) is -1.35. The predicted octanol–water partition coefficient (Wildman–Crippen LogP) is 11.5. The number of amides is 2. The molecule has 0 radical (unpaired) electrons. The monoisotopic (exact) mass is 1100 g/mol. The van der Waals surface area contributed by atoms with Crippen LogP contribution in [0.5, 0.6) is 0 Å². The van der Waals surface area contributed by atoms with Gasteiger partial charge in [-0.3, -0.25) is 0 Å². The van der Waals surface area contributed by atoms with Gasteiger partial charge in [-0.15, -0.1) is 0 Å².